The Hall–Kier alpha value is -3.11. The van der Waals surface area contributed by atoms with Crippen molar-refractivity contribution in [1.82, 2.24) is 0 Å². The molecule has 3 nitrogen and oxygen atoms in total. The maximum atomic E-state index is 14.7. The predicted octanol–water partition coefficient (Wildman–Crippen LogP) is 8.45. The number of rotatable bonds is 7. The summed E-state index contributed by atoms with van der Waals surface area (Å²) in [6.07, 6.45) is 0.325. The second kappa shape index (κ2) is 11.3. The number of esters is 1. The van der Waals surface area contributed by atoms with Crippen LogP contribution >= 0.6 is 0 Å². The molecular weight excluding hydrogens is 500 g/mol. The molecule has 0 radical (unpaired) electrons. The first kappa shape index (κ1) is 27.5. The summed E-state index contributed by atoms with van der Waals surface area (Å²) in [4.78, 5) is 12.3. The number of halogens is 8. The molecule has 0 spiro atoms. The molecule has 0 N–H and O–H groups in total. The highest BCUT2D eigenvalue weighted by Gasteiger charge is 2.40. The Morgan fingerprint density at radius 3 is 2.06 bits per heavy atom. The lowest BCUT2D eigenvalue weighted by Gasteiger charge is -2.28. The fourth-order valence-electron chi connectivity index (χ4n) is 4.24. The van der Waals surface area contributed by atoms with Gasteiger partial charge in [-0.3, -0.25) is 0 Å². The summed E-state index contributed by atoms with van der Waals surface area (Å²) in [5.41, 5.74) is 0.208. The third-order valence-electron chi connectivity index (χ3n) is 6.02. The summed E-state index contributed by atoms with van der Waals surface area (Å²) in [5.74, 6) is -10.8. The van der Waals surface area contributed by atoms with Crippen molar-refractivity contribution in [1.29, 1.82) is 0 Å². The molecule has 3 rings (SSSR count). The zero-order valence-electron chi connectivity index (χ0n) is 19.0. The van der Waals surface area contributed by atoms with Crippen molar-refractivity contribution in [2.24, 2.45) is 5.92 Å². The molecule has 196 valence electrons. The molecule has 0 aliphatic heterocycles. The largest absolute Gasteiger partial charge is 0.449 e. The molecule has 36 heavy (non-hydrogen) atoms. The Labute approximate surface area is 201 Å². The van der Waals surface area contributed by atoms with Crippen LogP contribution in [0.25, 0.3) is 0 Å². The number of alkyl halides is 3. The van der Waals surface area contributed by atoms with Crippen LogP contribution in [0.5, 0.6) is 11.5 Å². The van der Waals surface area contributed by atoms with Gasteiger partial charge < -0.3 is 9.47 Å². The van der Waals surface area contributed by atoms with Crippen LogP contribution in [0, 0.1) is 23.4 Å². The van der Waals surface area contributed by atoms with Crippen molar-refractivity contribution >= 4 is 5.97 Å². The van der Waals surface area contributed by atoms with E-state index in [1.54, 1.807) is 6.07 Å². The fraction of sp³-hybridized carbons (Fsp3) is 0.400. The minimum atomic E-state index is -5.78. The lowest BCUT2D eigenvalue weighted by Crippen LogP contribution is -2.15. The van der Waals surface area contributed by atoms with E-state index >= 15 is 0 Å². The van der Waals surface area contributed by atoms with Gasteiger partial charge in [0, 0.05) is 12.1 Å². The molecule has 11 heteroatoms. The molecule has 0 aromatic heterocycles. The van der Waals surface area contributed by atoms with Crippen molar-refractivity contribution in [2.75, 3.05) is 0 Å². The van der Waals surface area contributed by atoms with Crippen molar-refractivity contribution < 1.29 is 49.4 Å². The topological polar surface area (TPSA) is 35.5 Å². The molecule has 0 unspecified atom stereocenters. The van der Waals surface area contributed by atoms with Crippen molar-refractivity contribution in [3.05, 3.63) is 70.8 Å². The van der Waals surface area contributed by atoms with Gasteiger partial charge in [0.2, 0.25) is 5.75 Å². The maximum absolute atomic E-state index is 14.7. The number of carbonyl (C=O) groups excluding carboxylic acids is 1. The summed E-state index contributed by atoms with van der Waals surface area (Å²) in [7, 11) is 0. The monoisotopic (exact) mass is 522 g/mol. The molecule has 0 atom stereocenters. The molecule has 1 aliphatic rings. The zero-order valence-corrected chi connectivity index (χ0v) is 19.0. The average molecular weight is 522 g/mol. The number of hydrogen-bond donors (Lipinski definition) is 0. The van der Waals surface area contributed by atoms with E-state index < -0.39 is 58.5 Å². The fourth-order valence-corrected chi connectivity index (χ4v) is 4.24. The average Bonchev–Trinajstić information content (AvgIpc) is 2.80. The van der Waals surface area contributed by atoms with E-state index in [0.29, 0.717) is 5.92 Å². The molecule has 0 bridgehead atoms. The Balaban J connectivity index is 1.71. The molecule has 0 heterocycles. The molecular formula is C25H22F8O3. The van der Waals surface area contributed by atoms with E-state index in [1.165, 1.54) is 12.1 Å². The third-order valence-corrected chi connectivity index (χ3v) is 6.02. The number of benzene rings is 2. The van der Waals surface area contributed by atoms with Crippen LogP contribution in [0.2, 0.25) is 0 Å². The van der Waals surface area contributed by atoms with E-state index in [2.05, 4.69) is 11.7 Å². The van der Waals surface area contributed by atoms with E-state index in [1.807, 2.05) is 0 Å². The Morgan fingerprint density at radius 2 is 1.53 bits per heavy atom. The van der Waals surface area contributed by atoms with Crippen LogP contribution < -0.4 is 9.47 Å². The standard InChI is InChI=1S/C25H22F8O3/c1-2-3-13-4-6-14(7-5-13)15-8-9-17(18(26)10-15)24(34)35-16-11-19(27)21(20(28)12-16)36-23(30)22(29)25(31,32)33/h8-14H,2-7H2,1H3. The molecule has 1 aliphatic carbocycles. The normalized spacial score (nSPS) is 19.0. The van der Waals surface area contributed by atoms with E-state index in [4.69, 9.17) is 4.74 Å². The van der Waals surface area contributed by atoms with E-state index in [0.717, 1.165) is 44.1 Å². The Morgan fingerprint density at radius 1 is 0.917 bits per heavy atom. The summed E-state index contributed by atoms with van der Waals surface area (Å²) in [6.45, 7) is 2.13. The molecule has 0 amide bonds. The van der Waals surface area contributed by atoms with Crippen LogP contribution in [0.1, 0.15) is 67.3 Å². The molecule has 1 fully saturated rings. The summed E-state index contributed by atoms with van der Waals surface area (Å²) < 4.78 is 114. The van der Waals surface area contributed by atoms with Crippen LogP contribution in [0.15, 0.2) is 42.2 Å². The Kier molecular flexibility index (Phi) is 8.63. The van der Waals surface area contributed by atoms with E-state index in [-0.39, 0.29) is 18.1 Å². The third kappa shape index (κ3) is 6.55. The second-order valence-electron chi connectivity index (χ2n) is 8.54. The highest BCUT2D eigenvalue weighted by atomic mass is 19.4. The van der Waals surface area contributed by atoms with Crippen LogP contribution in [0.4, 0.5) is 35.1 Å². The molecule has 1 saturated carbocycles. The molecule has 2 aromatic rings. The van der Waals surface area contributed by atoms with Crippen molar-refractivity contribution in [2.45, 2.75) is 57.5 Å². The van der Waals surface area contributed by atoms with Gasteiger partial charge in [-0.2, -0.15) is 22.0 Å². The Bertz CT molecular complexity index is 1110. The number of carbonyl (C=O) groups is 1. The zero-order chi connectivity index (χ0) is 26.6. The van der Waals surface area contributed by atoms with Gasteiger partial charge in [-0.25, -0.2) is 18.0 Å². The molecule has 2 aromatic carbocycles. The minimum Gasteiger partial charge on any atom is -0.423 e. The lowest BCUT2D eigenvalue weighted by atomic mass is 9.77. The maximum Gasteiger partial charge on any atom is 0.449 e. The number of ether oxygens (including phenoxy) is 2. The first-order chi connectivity index (χ1) is 16.9. The van der Waals surface area contributed by atoms with Gasteiger partial charge in [0.15, 0.2) is 11.6 Å². The predicted molar refractivity (Wildman–Crippen MR) is 113 cm³/mol. The second-order valence-corrected chi connectivity index (χ2v) is 8.54. The highest BCUT2D eigenvalue weighted by molar-refractivity contribution is 5.91. The van der Waals surface area contributed by atoms with Gasteiger partial charge in [0.05, 0.1) is 5.56 Å². The minimum absolute atomic E-state index is 0.144. The van der Waals surface area contributed by atoms with Gasteiger partial charge in [-0.05, 0) is 55.2 Å². The van der Waals surface area contributed by atoms with Gasteiger partial charge in [0.1, 0.15) is 11.6 Å². The quantitative estimate of drug-likeness (QED) is 0.158. The van der Waals surface area contributed by atoms with Gasteiger partial charge >= 0.3 is 18.2 Å². The first-order valence-corrected chi connectivity index (χ1v) is 11.2. The summed E-state index contributed by atoms with van der Waals surface area (Å²) in [5, 5.41) is 0. The SMILES string of the molecule is CCCC1CCC(c2ccc(C(=O)Oc3cc(F)c(OC(F)=C(F)C(F)(F)F)c(F)c3)c(F)c2)CC1. The van der Waals surface area contributed by atoms with Crippen LogP contribution in [-0.2, 0) is 0 Å². The lowest BCUT2D eigenvalue weighted by molar-refractivity contribution is -0.114. The highest BCUT2D eigenvalue weighted by Crippen LogP contribution is 2.38. The van der Waals surface area contributed by atoms with Gasteiger partial charge in [-0.15, -0.1) is 0 Å². The molecule has 0 saturated heterocycles. The first-order valence-electron chi connectivity index (χ1n) is 11.2. The number of hydrogen-bond acceptors (Lipinski definition) is 3. The van der Waals surface area contributed by atoms with E-state index in [9.17, 15) is 39.9 Å². The van der Waals surface area contributed by atoms with Crippen molar-refractivity contribution in [3.8, 4) is 11.5 Å². The van der Waals surface area contributed by atoms with Crippen molar-refractivity contribution in [3.63, 3.8) is 0 Å². The summed E-state index contributed by atoms with van der Waals surface area (Å²) >= 11 is 0. The summed E-state index contributed by atoms with van der Waals surface area (Å²) in [6, 6.07) is 1.64. The van der Waals surface area contributed by atoms with Gasteiger partial charge in [0.25, 0.3) is 5.83 Å². The number of allylic oxidation sites excluding steroid dienone is 1. The van der Waals surface area contributed by atoms with Crippen LogP contribution in [0.3, 0.4) is 0 Å². The van der Waals surface area contributed by atoms with Crippen LogP contribution in [-0.4, -0.2) is 12.1 Å². The van der Waals surface area contributed by atoms with Gasteiger partial charge in [-0.1, -0.05) is 25.8 Å². The smallest absolute Gasteiger partial charge is 0.423 e.